The third kappa shape index (κ3) is 3.72. The van der Waals surface area contributed by atoms with E-state index in [2.05, 4.69) is 5.32 Å². The fourth-order valence-corrected chi connectivity index (χ4v) is 3.14. The molecule has 1 aromatic heterocycles. The predicted molar refractivity (Wildman–Crippen MR) is 87.0 cm³/mol. The molecule has 1 aromatic carbocycles. The Balaban J connectivity index is 2.37. The first kappa shape index (κ1) is 16.6. The van der Waals surface area contributed by atoms with Crippen molar-refractivity contribution in [2.75, 3.05) is 11.9 Å². The van der Waals surface area contributed by atoms with Gasteiger partial charge >= 0.3 is 0 Å². The number of anilines is 1. The molecule has 3 N–H and O–H groups in total. The Morgan fingerprint density at radius 2 is 2.00 bits per heavy atom. The van der Waals surface area contributed by atoms with E-state index in [4.69, 9.17) is 16.8 Å². The van der Waals surface area contributed by atoms with Crippen molar-refractivity contribution >= 4 is 39.6 Å². The monoisotopic (exact) mass is 338 g/mol. The van der Waals surface area contributed by atoms with Gasteiger partial charge in [0.05, 0.1) is 10.6 Å². The zero-order valence-electron chi connectivity index (χ0n) is 11.9. The minimum Gasteiger partial charge on any atom is -0.316 e. The fraction of sp³-hybridized carbons (Fsp3) is 0.200. The van der Waals surface area contributed by atoms with Crippen LogP contribution >= 0.6 is 22.9 Å². The second-order valence-corrected chi connectivity index (χ2v) is 6.05. The molecule has 0 unspecified atom stereocenters. The lowest BCUT2D eigenvalue weighted by molar-refractivity contribution is -0.116. The van der Waals surface area contributed by atoms with E-state index in [-0.39, 0.29) is 12.3 Å². The van der Waals surface area contributed by atoms with Crippen LogP contribution in [0.2, 0.25) is 5.02 Å². The lowest BCUT2D eigenvalue weighted by Crippen LogP contribution is -2.25. The molecule has 1 amide bonds. The molecule has 116 valence electrons. The molecule has 0 aliphatic rings. The molecule has 2 aromatic rings. The second kappa shape index (κ2) is 7.51. The average Bonchev–Trinajstić information content (AvgIpc) is 2.90. The summed E-state index contributed by atoms with van der Waals surface area (Å²) in [4.78, 5) is 25.3. The number of hydrogen-bond acceptors (Lipinski definition) is 5. The average molecular weight is 339 g/mol. The Kier molecular flexibility index (Phi) is 5.68. The molecule has 0 bridgehead atoms. The smallest absolute Gasteiger partial charge is 0.241 e. The summed E-state index contributed by atoms with van der Waals surface area (Å²) >= 11 is 7.41. The van der Waals surface area contributed by atoms with Gasteiger partial charge in [-0.05, 0) is 24.6 Å². The minimum atomic E-state index is -0.430. The Morgan fingerprint density at radius 3 is 2.64 bits per heavy atom. The Labute approximate surface area is 136 Å². The number of carbonyl (C=O) groups is 2. The number of amides is 1. The number of thiophene rings is 1. The quantitative estimate of drug-likeness (QED) is 0.558. The van der Waals surface area contributed by atoms with Gasteiger partial charge in [0.15, 0.2) is 5.78 Å². The van der Waals surface area contributed by atoms with E-state index in [9.17, 15) is 9.59 Å². The molecule has 22 heavy (non-hydrogen) atoms. The maximum absolute atomic E-state index is 12.7. The first-order chi connectivity index (χ1) is 10.6. The Bertz CT molecular complexity index is 700. The maximum Gasteiger partial charge on any atom is 0.241 e. The predicted octanol–water partition coefficient (Wildman–Crippen LogP) is 3.11. The summed E-state index contributed by atoms with van der Waals surface area (Å²) in [5.41, 5.74) is 2.58. The summed E-state index contributed by atoms with van der Waals surface area (Å²) in [6, 6.07) is 8.54. The number of halogens is 1. The van der Waals surface area contributed by atoms with Crippen molar-refractivity contribution in [3.8, 4) is 0 Å². The third-order valence-corrected chi connectivity index (χ3v) is 4.51. The van der Waals surface area contributed by atoms with Crippen LogP contribution in [-0.4, -0.2) is 23.4 Å². The van der Waals surface area contributed by atoms with Crippen LogP contribution in [0.3, 0.4) is 0 Å². The normalized spacial score (nSPS) is 10.5. The topological polar surface area (TPSA) is 78.4 Å². The molecule has 0 saturated carbocycles. The fourth-order valence-electron chi connectivity index (χ4n) is 1.91. The molecule has 2 rings (SSSR count). The van der Waals surface area contributed by atoms with E-state index >= 15 is 0 Å². The van der Waals surface area contributed by atoms with Crippen LogP contribution in [0.5, 0.6) is 0 Å². The van der Waals surface area contributed by atoms with E-state index < -0.39 is 5.91 Å². The summed E-state index contributed by atoms with van der Waals surface area (Å²) in [6.07, 6.45) is 0.752. The highest BCUT2D eigenvalue weighted by Crippen LogP contribution is 2.31. The molecule has 0 fully saturated rings. The van der Waals surface area contributed by atoms with E-state index in [0.29, 0.717) is 21.2 Å². The lowest BCUT2D eigenvalue weighted by atomic mass is 10.0. The van der Waals surface area contributed by atoms with Gasteiger partial charge in [0, 0.05) is 10.4 Å². The number of nitrogens with one attached hydrogen (secondary N) is 2. The molecular weight excluding hydrogens is 324 g/mol. The lowest BCUT2D eigenvalue weighted by Gasteiger charge is -2.06. The van der Waals surface area contributed by atoms with Gasteiger partial charge in [0.2, 0.25) is 5.91 Å². The van der Waals surface area contributed by atoms with Gasteiger partial charge in [0.25, 0.3) is 0 Å². The summed E-state index contributed by atoms with van der Waals surface area (Å²) in [6.45, 7) is 1.72. The van der Waals surface area contributed by atoms with Crippen molar-refractivity contribution in [2.24, 2.45) is 0 Å². The van der Waals surface area contributed by atoms with Crippen molar-refractivity contribution < 1.29 is 14.8 Å². The van der Waals surface area contributed by atoms with Crippen LogP contribution < -0.4 is 10.8 Å². The highest BCUT2D eigenvalue weighted by molar-refractivity contribution is 7.16. The van der Waals surface area contributed by atoms with Gasteiger partial charge in [-0.25, -0.2) is 0 Å². The van der Waals surface area contributed by atoms with E-state index in [1.54, 1.807) is 35.8 Å². The molecule has 0 atom stereocenters. The van der Waals surface area contributed by atoms with E-state index in [1.165, 1.54) is 11.3 Å². The number of ketones is 1. The Hall–Kier alpha value is -1.73. The zero-order valence-corrected chi connectivity index (χ0v) is 13.4. The number of rotatable bonds is 6. The van der Waals surface area contributed by atoms with Gasteiger partial charge in [-0.15, -0.1) is 11.3 Å². The van der Waals surface area contributed by atoms with Gasteiger partial charge in [-0.2, -0.15) is 5.48 Å². The highest BCUT2D eigenvalue weighted by atomic mass is 35.5. The highest BCUT2D eigenvalue weighted by Gasteiger charge is 2.20. The summed E-state index contributed by atoms with van der Waals surface area (Å²) < 4.78 is 0. The number of benzene rings is 1. The van der Waals surface area contributed by atoms with Crippen LogP contribution in [-0.2, 0) is 11.2 Å². The molecule has 0 radical (unpaired) electrons. The molecule has 1 heterocycles. The molecule has 7 heteroatoms. The molecule has 0 aliphatic heterocycles. The molecule has 0 spiro atoms. The SMILES string of the molecule is CCc1cc(C(=O)c2ccccc2Cl)c(NC(=O)CNO)s1. The van der Waals surface area contributed by atoms with Crippen LogP contribution in [0.15, 0.2) is 30.3 Å². The van der Waals surface area contributed by atoms with Gasteiger partial charge in [0.1, 0.15) is 11.5 Å². The summed E-state index contributed by atoms with van der Waals surface area (Å²) in [5, 5.41) is 12.0. The summed E-state index contributed by atoms with van der Waals surface area (Å²) in [7, 11) is 0. The second-order valence-electron chi connectivity index (χ2n) is 4.50. The van der Waals surface area contributed by atoms with Crippen molar-refractivity contribution in [1.82, 2.24) is 5.48 Å². The molecule has 0 aliphatic carbocycles. The van der Waals surface area contributed by atoms with Crippen LogP contribution in [0, 0.1) is 0 Å². The molecule has 0 saturated heterocycles. The Morgan fingerprint density at radius 1 is 1.27 bits per heavy atom. The van der Waals surface area contributed by atoms with Crippen molar-refractivity contribution in [1.29, 1.82) is 0 Å². The number of hydroxylamine groups is 1. The number of carbonyl (C=O) groups excluding carboxylic acids is 2. The largest absolute Gasteiger partial charge is 0.316 e. The maximum atomic E-state index is 12.7. The first-order valence-corrected chi connectivity index (χ1v) is 7.85. The van der Waals surface area contributed by atoms with Gasteiger partial charge in [-0.1, -0.05) is 30.7 Å². The van der Waals surface area contributed by atoms with Crippen LogP contribution in [0.4, 0.5) is 5.00 Å². The van der Waals surface area contributed by atoms with Crippen LogP contribution in [0.25, 0.3) is 0 Å². The number of aryl methyl sites for hydroxylation is 1. The molecule has 5 nitrogen and oxygen atoms in total. The standard InChI is InChI=1S/C15H15ClN2O3S/c1-2-9-7-11(15(22-9)18-13(19)8-17-21)14(20)10-5-3-4-6-12(10)16/h3-7,17,21H,2,8H2,1H3,(H,18,19). The minimum absolute atomic E-state index is 0.242. The van der Waals surface area contributed by atoms with Gasteiger partial charge < -0.3 is 10.5 Å². The van der Waals surface area contributed by atoms with Crippen LogP contribution in [0.1, 0.15) is 27.7 Å². The van der Waals surface area contributed by atoms with Gasteiger partial charge in [-0.3, -0.25) is 9.59 Å². The van der Waals surface area contributed by atoms with E-state index in [1.807, 2.05) is 6.92 Å². The zero-order chi connectivity index (χ0) is 16.1. The van der Waals surface area contributed by atoms with Crippen molar-refractivity contribution in [3.63, 3.8) is 0 Å². The summed E-state index contributed by atoms with van der Waals surface area (Å²) in [5.74, 6) is -0.672. The third-order valence-electron chi connectivity index (χ3n) is 2.99. The number of hydrogen-bond donors (Lipinski definition) is 3. The van der Waals surface area contributed by atoms with Crippen molar-refractivity contribution in [2.45, 2.75) is 13.3 Å². The van der Waals surface area contributed by atoms with Crippen molar-refractivity contribution in [3.05, 3.63) is 51.4 Å². The molecular formula is C15H15ClN2O3S. The van der Waals surface area contributed by atoms with E-state index in [0.717, 1.165) is 11.3 Å². The first-order valence-electron chi connectivity index (χ1n) is 6.65.